The topological polar surface area (TPSA) is 82.1 Å². The Bertz CT molecular complexity index is 879. The lowest BCUT2D eigenvalue weighted by Gasteiger charge is -2.58. The van der Waals surface area contributed by atoms with Crippen LogP contribution in [0.5, 0.6) is 0 Å². The number of carbonyl (C=O) groups excluding carboxylic acids is 2. The van der Waals surface area contributed by atoms with Crippen molar-refractivity contribution in [3.8, 4) is 0 Å². The predicted molar refractivity (Wildman–Crippen MR) is 118 cm³/mol. The molecule has 6 rings (SSSR count). The average Bonchev–Trinajstić information content (AvgIpc) is 2.67. The highest BCUT2D eigenvalue weighted by Crippen LogP contribution is 2.55. The summed E-state index contributed by atoms with van der Waals surface area (Å²) in [6, 6.07) is 7.51. The van der Waals surface area contributed by atoms with Crippen molar-refractivity contribution < 1.29 is 19.4 Å². The van der Waals surface area contributed by atoms with E-state index >= 15 is 0 Å². The number of nitrogens with zero attached hydrogens (tertiary/aromatic N) is 2. The number of amides is 3. The molecule has 7 nitrogen and oxygen atoms in total. The number of fused-ring (bicyclic) bond motifs is 1. The smallest absolute Gasteiger partial charge is 0.414 e. The molecule has 2 atom stereocenters. The number of nitrogens with one attached hydrogen (secondary N) is 1. The summed E-state index contributed by atoms with van der Waals surface area (Å²) in [5.74, 6) is 1.32. The van der Waals surface area contributed by atoms with Gasteiger partial charge < -0.3 is 15.2 Å². The van der Waals surface area contributed by atoms with E-state index in [0.29, 0.717) is 36.5 Å². The number of hydrogen-bond acceptors (Lipinski definition) is 4. The summed E-state index contributed by atoms with van der Waals surface area (Å²) < 4.78 is 5.57. The molecule has 168 valence electrons. The zero-order valence-electron chi connectivity index (χ0n) is 18.6. The Morgan fingerprint density at radius 2 is 1.61 bits per heavy atom. The molecular formula is C24H33N3O4. The molecule has 2 unspecified atom stereocenters. The van der Waals surface area contributed by atoms with Crippen molar-refractivity contribution in [1.82, 2.24) is 5.32 Å². The fourth-order valence-corrected chi connectivity index (χ4v) is 6.52. The largest absolute Gasteiger partial charge is 0.443 e. The highest BCUT2D eigenvalue weighted by Gasteiger charge is 2.55. The van der Waals surface area contributed by atoms with Crippen LogP contribution in [0.25, 0.3) is 0 Å². The molecule has 0 saturated heterocycles. The van der Waals surface area contributed by atoms with Crippen LogP contribution < -0.4 is 15.1 Å². The summed E-state index contributed by atoms with van der Waals surface area (Å²) in [7, 11) is 0. The molecule has 4 bridgehead atoms. The maximum absolute atomic E-state index is 13.4. The van der Waals surface area contributed by atoms with Crippen LogP contribution in [0, 0.1) is 17.8 Å². The van der Waals surface area contributed by atoms with Crippen LogP contribution in [-0.2, 0) is 4.74 Å². The minimum Gasteiger partial charge on any atom is -0.443 e. The molecule has 0 radical (unpaired) electrons. The van der Waals surface area contributed by atoms with Gasteiger partial charge in [-0.15, -0.1) is 0 Å². The van der Waals surface area contributed by atoms with E-state index in [4.69, 9.17) is 4.74 Å². The second-order valence-corrected chi connectivity index (χ2v) is 10.9. The van der Waals surface area contributed by atoms with Crippen LogP contribution in [0.4, 0.5) is 21.0 Å². The summed E-state index contributed by atoms with van der Waals surface area (Å²) in [6.07, 6.45) is 4.34. The van der Waals surface area contributed by atoms with Crippen LogP contribution in [-0.4, -0.2) is 47.6 Å². The van der Waals surface area contributed by atoms with Gasteiger partial charge in [0.15, 0.2) is 0 Å². The Labute approximate surface area is 183 Å². The summed E-state index contributed by atoms with van der Waals surface area (Å²) in [4.78, 5) is 29.4. The number of carbonyl (C=O) groups is 2. The zero-order chi connectivity index (χ0) is 22.0. The lowest BCUT2D eigenvalue weighted by molar-refractivity contribution is -0.136. The van der Waals surface area contributed by atoms with Gasteiger partial charge in [-0.3, -0.25) is 9.80 Å². The molecule has 1 heterocycles. The lowest BCUT2D eigenvalue weighted by atomic mass is 9.52. The number of ether oxygens (including phenoxy) is 1. The minimum atomic E-state index is -0.579. The number of benzene rings is 1. The van der Waals surface area contributed by atoms with Crippen molar-refractivity contribution >= 4 is 23.5 Å². The van der Waals surface area contributed by atoms with Crippen molar-refractivity contribution in [3.63, 3.8) is 0 Å². The van der Waals surface area contributed by atoms with E-state index in [2.05, 4.69) is 5.32 Å². The maximum Gasteiger partial charge on any atom is 0.414 e. The fraction of sp³-hybridized carbons (Fsp3) is 0.667. The van der Waals surface area contributed by atoms with E-state index in [1.54, 1.807) is 9.80 Å². The molecule has 31 heavy (non-hydrogen) atoms. The van der Waals surface area contributed by atoms with E-state index in [-0.39, 0.29) is 12.1 Å². The number of urea groups is 1. The first kappa shape index (κ1) is 20.6. The second kappa shape index (κ2) is 7.12. The second-order valence-electron chi connectivity index (χ2n) is 10.9. The molecule has 7 heteroatoms. The Kier molecular flexibility index (Phi) is 4.73. The molecular weight excluding hydrogens is 394 g/mol. The molecule has 4 saturated carbocycles. The number of anilines is 2. The normalized spacial score (nSPS) is 33.8. The molecule has 4 aliphatic carbocycles. The third kappa shape index (κ3) is 3.77. The number of hydrogen-bond donors (Lipinski definition) is 2. The molecule has 3 amide bonds. The molecule has 0 spiro atoms. The van der Waals surface area contributed by atoms with Crippen LogP contribution in [0.15, 0.2) is 24.3 Å². The molecule has 5 aliphatic rings. The first-order valence-electron chi connectivity index (χ1n) is 11.5. The van der Waals surface area contributed by atoms with Gasteiger partial charge in [0.2, 0.25) is 0 Å². The van der Waals surface area contributed by atoms with E-state index < -0.39 is 17.3 Å². The van der Waals surface area contributed by atoms with E-state index in [0.717, 1.165) is 37.8 Å². The summed E-state index contributed by atoms with van der Waals surface area (Å²) in [5, 5.41) is 14.1. The van der Waals surface area contributed by atoms with Gasteiger partial charge in [0.05, 0.1) is 17.0 Å². The Morgan fingerprint density at radius 1 is 1.03 bits per heavy atom. The van der Waals surface area contributed by atoms with Gasteiger partial charge in [-0.05, 0) is 82.8 Å². The molecule has 1 aromatic rings. The monoisotopic (exact) mass is 427 g/mol. The van der Waals surface area contributed by atoms with Crippen molar-refractivity contribution in [1.29, 1.82) is 0 Å². The van der Waals surface area contributed by atoms with Crippen molar-refractivity contribution in [3.05, 3.63) is 24.3 Å². The highest BCUT2D eigenvalue weighted by atomic mass is 16.6. The number of aliphatic hydroxyl groups is 1. The van der Waals surface area contributed by atoms with Crippen LogP contribution in [0.3, 0.4) is 0 Å². The van der Waals surface area contributed by atoms with Gasteiger partial charge in [0.25, 0.3) is 0 Å². The van der Waals surface area contributed by atoms with Crippen molar-refractivity contribution in [2.45, 2.75) is 70.1 Å². The Balaban J connectivity index is 1.33. The Morgan fingerprint density at radius 3 is 2.19 bits per heavy atom. The number of para-hydroxylation sites is 2. The fourth-order valence-electron chi connectivity index (χ4n) is 6.52. The van der Waals surface area contributed by atoms with E-state index in [9.17, 15) is 14.7 Å². The quantitative estimate of drug-likeness (QED) is 0.712. The zero-order valence-corrected chi connectivity index (χ0v) is 18.6. The average molecular weight is 428 g/mol. The van der Waals surface area contributed by atoms with Crippen LogP contribution in [0.1, 0.15) is 52.9 Å². The maximum atomic E-state index is 13.4. The van der Waals surface area contributed by atoms with Gasteiger partial charge in [-0.2, -0.15) is 0 Å². The highest BCUT2D eigenvalue weighted by molar-refractivity contribution is 6.01. The first-order valence-corrected chi connectivity index (χ1v) is 11.5. The summed E-state index contributed by atoms with van der Waals surface area (Å²) >= 11 is 0. The third-order valence-electron chi connectivity index (χ3n) is 7.40. The standard InChI is InChI=1S/C24H33N3O4/c1-23(2,3)31-22(29)27-9-8-26(18-6-4-5-7-19(18)27)21(28)25-20-16-10-15-11-17(20)14-24(30,12-15)13-16/h4-7,15-17,20,30H,8-14H2,1-3H3,(H,25,28). The molecule has 2 N–H and O–H groups in total. The van der Waals surface area contributed by atoms with E-state index in [1.165, 1.54) is 0 Å². The van der Waals surface area contributed by atoms with Gasteiger partial charge in [-0.25, -0.2) is 9.59 Å². The molecule has 1 aliphatic heterocycles. The van der Waals surface area contributed by atoms with Gasteiger partial charge in [-0.1, -0.05) is 12.1 Å². The molecule has 0 aromatic heterocycles. The van der Waals surface area contributed by atoms with Gasteiger partial charge >= 0.3 is 12.1 Å². The van der Waals surface area contributed by atoms with Crippen LogP contribution in [0.2, 0.25) is 0 Å². The summed E-state index contributed by atoms with van der Waals surface area (Å²) in [5.41, 5.74) is 0.324. The summed E-state index contributed by atoms with van der Waals surface area (Å²) in [6.45, 7) is 6.35. The third-order valence-corrected chi connectivity index (χ3v) is 7.40. The van der Waals surface area contributed by atoms with Crippen molar-refractivity contribution in [2.75, 3.05) is 22.9 Å². The van der Waals surface area contributed by atoms with Crippen LogP contribution >= 0.6 is 0 Å². The number of rotatable bonds is 1. The van der Waals surface area contributed by atoms with Crippen molar-refractivity contribution in [2.24, 2.45) is 17.8 Å². The predicted octanol–water partition coefficient (Wildman–Crippen LogP) is 3.90. The molecule has 1 aromatic carbocycles. The lowest BCUT2D eigenvalue weighted by Crippen LogP contribution is -2.63. The first-order chi connectivity index (χ1) is 14.6. The van der Waals surface area contributed by atoms with Gasteiger partial charge in [0, 0.05) is 19.1 Å². The van der Waals surface area contributed by atoms with Gasteiger partial charge in [0.1, 0.15) is 5.60 Å². The molecule has 4 fully saturated rings. The minimum absolute atomic E-state index is 0.110. The van der Waals surface area contributed by atoms with E-state index in [1.807, 2.05) is 45.0 Å². The Hall–Kier alpha value is -2.28. The SMILES string of the molecule is CC(C)(C)OC(=O)N1CCN(C(=O)NC2C3CC4CC2CC(O)(C4)C3)c2ccccc21.